The fourth-order valence-corrected chi connectivity index (χ4v) is 5.93. The van der Waals surface area contributed by atoms with Crippen molar-refractivity contribution >= 4 is 27.3 Å². The molecular formula is C15H18ClNO4S. The SMILES string of the molecule is O=C(c1cc(O)ccc1Cl)N1CCC[C@@]2(CCS(=O)(=O)C2)C1. The second-order valence-electron chi connectivity index (χ2n) is 6.34. The van der Waals surface area contributed by atoms with Gasteiger partial charge >= 0.3 is 0 Å². The Labute approximate surface area is 134 Å². The number of sulfone groups is 1. The maximum Gasteiger partial charge on any atom is 0.255 e. The molecule has 1 aromatic rings. The normalized spacial score (nSPS) is 27.2. The Kier molecular flexibility index (Phi) is 3.85. The summed E-state index contributed by atoms with van der Waals surface area (Å²) in [5.74, 6) is 0.117. The summed E-state index contributed by atoms with van der Waals surface area (Å²) >= 11 is 6.05. The number of likely N-dealkylation sites (tertiary alicyclic amines) is 1. The molecule has 0 bridgehead atoms. The third-order valence-corrected chi connectivity index (χ3v) is 6.81. The van der Waals surface area contributed by atoms with E-state index in [-0.39, 0.29) is 34.1 Å². The molecule has 2 saturated heterocycles. The van der Waals surface area contributed by atoms with E-state index >= 15 is 0 Å². The Morgan fingerprint density at radius 3 is 2.77 bits per heavy atom. The van der Waals surface area contributed by atoms with Crippen molar-refractivity contribution in [1.29, 1.82) is 0 Å². The van der Waals surface area contributed by atoms with Crippen LogP contribution in [0.25, 0.3) is 0 Å². The van der Waals surface area contributed by atoms with Crippen molar-refractivity contribution in [2.75, 3.05) is 24.6 Å². The summed E-state index contributed by atoms with van der Waals surface area (Å²) in [6.07, 6.45) is 2.24. The highest BCUT2D eigenvalue weighted by molar-refractivity contribution is 7.91. The van der Waals surface area contributed by atoms with Gasteiger partial charge in [-0.3, -0.25) is 4.79 Å². The molecular weight excluding hydrogens is 326 g/mol. The first-order valence-corrected chi connectivity index (χ1v) is 9.49. The number of phenolic OH excluding ortho intramolecular Hbond substituents is 1. The molecule has 1 amide bonds. The van der Waals surface area contributed by atoms with Gasteiger partial charge in [0.15, 0.2) is 9.84 Å². The second kappa shape index (κ2) is 5.42. The standard InChI is InChI=1S/C15H18ClNO4S/c16-13-3-2-11(18)8-12(13)14(19)17-6-1-4-15(9-17)5-7-22(20,21)10-15/h2-3,8,18H,1,4-7,9-10H2/t15-/m1/s1. The van der Waals surface area contributed by atoms with Gasteiger partial charge in [-0.05, 0) is 37.5 Å². The minimum atomic E-state index is -2.99. The van der Waals surface area contributed by atoms with Gasteiger partial charge in [0.05, 0.1) is 22.1 Å². The molecule has 2 aliphatic rings. The number of rotatable bonds is 1. The first-order valence-electron chi connectivity index (χ1n) is 7.29. The van der Waals surface area contributed by atoms with Crippen molar-refractivity contribution in [2.24, 2.45) is 5.41 Å². The predicted molar refractivity (Wildman–Crippen MR) is 84.0 cm³/mol. The van der Waals surface area contributed by atoms with E-state index in [0.717, 1.165) is 12.8 Å². The number of phenols is 1. The zero-order chi connectivity index (χ0) is 16.0. The van der Waals surface area contributed by atoms with Gasteiger partial charge in [-0.2, -0.15) is 0 Å². The highest BCUT2D eigenvalue weighted by Crippen LogP contribution is 2.40. The van der Waals surface area contributed by atoms with E-state index < -0.39 is 9.84 Å². The molecule has 7 heteroatoms. The zero-order valence-electron chi connectivity index (χ0n) is 12.1. The number of nitrogens with zero attached hydrogens (tertiary/aromatic N) is 1. The second-order valence-corrected chi connectivity index (χ2v) is 8.93. The van der Waals surface area contributed by atoms with Gasteiger partial charge in [-0.15, -0.1) is 0 Å². The third-order valence-electron chi connectivity index (χ3n) is 4.60. The van der Waals surface area contributed by atoms with Crippen molar-refractivity contribution in [3.05, 3.63) is 28.8 Å². The number of aromatic hydroxyl groups is 1. The number of carbonyl (C=O) groups excluding carboxylic acids is 1. The van der Waals surface area contributed by atoms with Crippen molar-refractivity contribution in [1.82, 2.24) is 4.90 Å². The van der Waals surface area contributed by atoms with Gasteiger partial charge in [0.25, 0.3) is 5.91 Å². The molecule has 2 heterocycles. The Hall–Kier alpha value is -1.27. The summed E-state index contributed by atoms with van der Waals surface area (Å²) in [6.45, 7) is 1.03. The summed E-state index contributed by atoms with van der Waals surface area (Å²) in [4.78, 5) is 14.3. The average Bonchev–Trinajstić information content (AvgIpc) is 2.75. The molecule has 0 saturated carbocycles. The minimum Gasteiger partial charge on any atom is -0.508 e. The quantitative estimate of drug-likeness (QED) is 0.847. The molecule has 1 spiro atoms. The van der Waals surface area contributed by atoms with Crippen LogP contribution in [0.4, 0.5) is 0 Å². The van der Waals surface area contributed by atoms with Gasteiger partial charge in [-0.25, -0.2) is 8.42 Å². The van der Waals surface area contributed by atoms with Crippen LogP contribution in [0.2, 0.25) is 5.02 Å². The lowest BCUT2D eigenvalue weighted by Gasteiger charge is -2.39. The van der Waals surface area contributed by atoms with Gasteiger partial charge in [0, 0.05) is 18.5 Å². The first kappa shape index (κ1) is 15.6. The summed E-state index contributed by atoms with van der Waals surface area (Å²) < 4.78 is 23.6. The fourth-order valence-electron chi connectivity index (χ4n) is 3.53. The molecule has 0 radical (unpaired) electrons. The minimum absolute atomic E-state index is 0.0112. The molecule has 0 aliphatic carbocycles. The molecule has 2 fully saturated rings. The van der Waals surface area contributed by atoms with E-state index in [2.05, 4.69) is 0 Å². The summed E-state index contributed by atoms with van der Waals surface area (Å²) in [6, 6.07) is 4.28. The number of hydrogen-bond donors (Lipinski definition) is 1. The number of piperidine rings is 1. The maximum atomic E-state index is 12.7. The molecule has 0 unspecified atom stereocenters. The smallest absolute Gasteiger partial charge is 0.255 e. The number of carbonyl (C=O) groups is 1. The molecule has 120 valence electrons. The first-order chi connectivity index (χ1) is 10.3. The monoisotopic (exact) mass is 343 g/mol. The van der Waals surface area contributed by atoms with Crippen molar-refractivity contribution in [2.45, 2.75) is 19.3 Å². The van der Waals surface area contributed by atoms with Crippen molar-refractivity contribution in [3.63, 3.8) is 0 Å². The van der Waals surface area contributed by atoms with Crippen LogP contribution in [-0.2, 0) is 9.84 Å². The van der Waals surface area contributed by atoms with E-state index in [1.165, 1.54) is 18.2 Å². The molecule has 2 aliphatic heterocycles. The topological polar surface area (TPSA) is 74.7 Å². The Balaban J connectivity index is 1.83. The Morgan fingerprint density at radius 1 is 1.32 bits per heavy atom. The summed E-state index contributed by atoms with van der Waals surface area (Å²) in [7, 11) is -2.99. The summed E-state index contributed by atoms with van der Waals surface area (Å²) in [5.41, 5.74) is -0.0460. The van der Waals surface area contributed by atoms with Crippen LogP contribution >= 0.6 is 11.6 Å². The molecule has 0 aromatic heterocycles. The van der Waals surface area contributed by atoms with Crippen LogP contribution in [0.5, 0.6) is 5.75 Å². The largest absolute Gasteiger partial charge is 0.508 e. The van der Waals surface area contributed by atoms with Crippen LogP contribution in [0.1, 0.15) is 29.6 Å². The Bertz CT molecular complexity index is 718. The number of halogens is 1. The lowest BCUT2D eigenvalue weighted by Crippen LogP contribution is -2.46. The maximum absolute atomic E-state index is 12.7. The molecule has 5 nitrogen and oxygen atoms in total. The molecule has 22 heavy (non-hydrogen) atoms. The van der Waals surface area contributed by atoms with E-state index in [9.17, 15) is 18.3 Å². The molecule has 1 N–H and O–H groups in total. The van der Waals surface area contributed by atoms with Crippen LogP contribution in [0.15, 0.2) is 18.2 Å². The molecule has 1 atom stereocenters. The van der Waals surface area contributed by atoms with Crippen molar-refractivity contribution < 1.29 is 18.3 Å². The van der Waals surface area contributed by atoms with Gasteiger partial charge < -0.3 is 10.0 Å². The summed E-state index contributed by atoms with van der Waals surface area (Å²) in [5, 5.41) is 9.84. The number of hydrogen-bond acceptors (Lipinski definition) is 4. The Morgan fingerprint density at radius 2 is 2.09 bits per heavy atom. The number of benzene rings is 1. The van der Waals surface area contributed by atoms with Gasteiger partial charge in [0.1, 0.15) is 5.75 Å². The highest BCUT2D eigenvalue weighted by Gasteiger charge is 2.45. The van der Waals surface area contributed by atoms with E-state index in [0.29, 0.717) is 24.5 Å². The number of amides is 1. The lowest BCUT2D eigenvalue weighted by atomic mass is 9.79. The van der Waals surface area contributed by atoms with Crippen LogP contribution in [-0.4, -0.2) is 48.9 Å². The highest BCUT2D eigenvalue weighted by atomic mass is 35.5. The van der Waals surface area contributed by atoms with Crippen LogP contribution in [0, 0.1) is 5.41 Å². The van der Waals surface area contributed by atoms with Crippen LogP contribution in [0.3, 0.4) is 0 Å². The predicted octanol–water partition coefficient (Wildman–Crippen LogP) is 2.09. The van der Waals surface area contributed by atoms with E-state index in [4.69, 9.17) is 11.6 Å². The van der Waals surface area contributed by atoms with Crippen molar-refractivity contribution in [3.8, 4) is 5.75 Å². The van der Waals surface area contributed by atoms with E-state index in [1.807, 2.05) is 0 Å². The van der Waals surface area contributed by atoms with Gasteiger partial charge in [-0.1, -0.05) is 11.6 Å². The van der Waals surface area contributed by atoms with E-state index in [1.54, 1.807) is 4.90 Å². The zero-order valence-corrected chi connectivity index (χ0v) is 13.7. The van der Waals surface area contributed by atoms with Gasteiger partial charge in [0.2, 0.25) is 0 Å². The average molecular weight is 344 g/mol. The lowest BCUT2D eigenvalue weighted by molar-refractivity contribution is 0.0564. The molecule has 1 aromatic carbocycles. The fraction of sp³-hybridized carbons (Fsp3) is 0.533. The van der Waals surface area contributed by atoms with Crippen LogP contribution < -0.4 is 0 Å². The third kappa shape index (κ3) is 2.94. The molecule has 3 rings (SSSR count).